The van der Waals surface area contributed by atoms with Crippen LogP contribution in [0.2, 0.25) is 5.02 Å². The van der Waals surface area contributed by atoms with E-state index in [2.05, 4.69) is 15.9 Å². The second-order valence-corrected chi connectivity index (χ2v) is 12.2. The Hall–Kier alpha value is -3.89. The van der Waals surface area contributed by atoms with Crippen LogP contribution in [0, 0.1) is 0 Å². The summed E-state index contributed by atoms with van der Waals surface area (Å²) in [6, 6.07) is 11.0. The molecule has 0 spiro atoms. The predicted octanol–water partition coefficient (Wildman–Crippen LogP) is 9.05. The predicted molar refractivity (Wildman–Crippen MR) is 171 cm³/mol. The molecule has 2 aliphatic rings. The van der Waals surface area contributed by atoms with Gasteiger partial charge in [-0.2, -0.15) is 0 Å². The Morgan fingerprint density at radius 1 is 0.545 bits per heavy atom. The molecule has 6 bridgehead atoms. The molecule has 8 nitrogen and oxygen atoms in total. The van der Waals surface area contributed by atoms with Crippen LogP contribution in [0.3, 0.4) is 0 Å². The van der Waals surface area contributed by atoms with Crippen LogP contribution in [-0.4, -0.2) is 30.6 Å². The number of halogens is 4. The quantitative estimate of drug-likeness (QED) is 0.106. The maximum absolute atomic E-state index is 10.7. The zero-order valence-electron chi connectivity index (χ0n) is 22.6. The first-order valence-corrected chi connectivity index (χ1v) is 15.0. The highest BCUT2D eigenvalue weighted by molar-refractivity contribution is 9.10. The van der Waals surface area contributed by atoms with Gasteiger partial charge in [0.15, 0.2) is 23.0 Å². The van der Waals surface area contributed by atoms with E-state index in [9.17, 15) is 30.6 Å². The summed E-state index contributed by atoms with van der Waals surface area (Å²) in [6.45, 7) is 0. The zero-order valence-corrected chi connectivity index (χ0v) is 26.5. The average molecular weight is 723 g/mol. The molecule has 0 saturated heterocycles. The highest BCUT2D eigenvalue weighted by Gasteiger charge is 2.19. The Balaban J connectivity index is 1.63. The number of hydrogen-bond acceptors (Lipinski definition) is 8. The number of rotatable bonds is 0. The van der Waals surface area contributed by atoms with Crippen LogP contribution < -0.4 is 9.47 Å². The third-order valence-corrected chi connectivity index (χ3v) is 8.24. The monoisotopic (exact) mass is 720 g/mol. The fourth-order valence-corrected chi connectivity index (χ4v) is 5.66. The van der Waals surface area contributed by atoms with Crippen molar-refractivity contribution < 1.29 is 40.1 Å². The Morgan fingerprint density at radius 2 is 1.09 bits per heavy atom. The maximum atomic E-state index is 10.7. The first-order valence-electron chi connectivity index (χ1n) is 13.0. The summed E-state index contributed by atoms with van der Waals surface area (Å²) in [4.78, 5) is 0. The number of hydrogen-bond donors (Lipinski definition) is 6. The minimum atomic E-state index is -0.363. The van der Waals surface area contributed by atoms with Crippen LogP contribution in [0.1, 0.15) is 22.3 Å². The smallest absolute Gasteiger partial charge is 0.210 e. The number of allylic oxidation sites excluding steroid dienone is 4. The van der Waals surface area contributed by atoms with Gasteiger partial charge in [-0.05, 0) is 70.7 Å². The molecule has 4 aromatic rings. The van der Waals surface area contributed by atoms with Gasteiger partial charge in [0.2, 0.25) is 5.75 Å². The third kappa shape index (κ3) is 7.08. The van der Waals surface area contributed by atoms with Crippen molar-refractivity contribution in [3.63, 3.8) is 0 Å². The molecule has 228 valence electrons. The Bertz CT molecular complexity index is 1810. The van der Waals surface area contributed by atoms with Gasteiger partial charge in [-0.1, -0.05) is 47.0 Å². The summed E-state index contributed by atoms with van der Waals surface area (Å²) in [5, 5.41) is 64.0. The van der Waals surface area contributed by atoms with Gasteiger partial charge in [0.1, 0.15) is 28.7 Å². The molecule has 2 aliphatic heterocycles. The van der Waals surface area contributed by atoms with Crippen LogP contribution >= 0.6 is 50.7 Å². The van der Waals surface area contributed by atoms with Crippen molar-refractivity contribution in [3.8, 4) is 57.5 Å². The molecule has 4 aromatic carbocycles. The first-order chi connectivity index (χ1) is 20.9. The van der Waals surface area contributed by atoms with E-state index in [4.69, 9.17) is 44.3 Å². The molecule has 12 heteroatoms. The van der Waals surface area contributed by atoms with Gasteiger partial charge < -0.3 is 40.1 Å². The van der Waals surface area contributed by atoms with Crippen LogP contribution in [0.5, 0.6) is 57.5 Å². The van der Waals surface area contributed by atoms with E-state index in [-0.39, 0.29) is 93.2 Å². The largest absolute Gasteiger partial charge is 0.508 e. The van der Waals surface area contributed by atoms with E-state index in [1.54, 1.807) is 18.2 Å². The van der Waals surface area contributed by atoms with Gasteiger partial charge in [-0.25, -0.2) is 0 Å². The van der Waals surface area contributed by atoms with Gasteiger partial charge >= 0.3 is 0 Å². The van der Waals surface area contributed by atoms with Gasteiger partial charge in [0.05, 0.1) is 9.50 Å². The average Bonchev–Trinajstić information content (AvgIpc) is 2.93. The molecule has 0 fully saturated rings. The lowest BCUT2D eigenvalue weighted by Gasteiger charge is -2.16. The van der Waals surface area contributed by atoms with E-state index in [0.717, 1.165) is 6.07 Å². The molecule has 0 unspecified atom stereocenters. The van der Waals surface area contributed by atoms with E-state index < -0.39 is 0 Å². The fourth-order valence-electron chi connectivity index (χ4n) is 4.60. The highest BCUT2D eigenvalue weighted by Crippen LogP contribution is 2.45. The summed E-state index contributed by atoms with van der Waals surface area (Å²) < 4.78 is 12.2. The van der Waals surface area contributed by atoms with Gasteiger partial charge in [-0.3, -0.25) is 0 Å². The molecule has 0 aromatic heterocycles. The third-order valence-electron chi connectivity index (χ3n) is 6.75. The van der Waals surface area contributed by atoms with Crippen molar-refractivity contribution in [1.82, 2.24) is 0 Å². The molecule has 6 rings (SSSR count). The molecular weight excluding hydrogens is 699 g/mol. The van der Waals surface area contributed by atoms with Crippen LogP contribution in [0.15, 0.2) is 75.2 Å². The summed E-state index contributed by atoms with van der Waals surface area (Å²) in [5.74, 6) is -1.34. The lowest BCUT2D eigenvalue weighted by Crippen LogP contribution is -1.97. The molecule has 6 N–H and O–H groups in total. The molecule has 0 atom stereocenters. The normalized spacial score (nSPS) is 16.2. The molecule has 44 heavy (non-hydrogen) atoms. The fraction of sp³-hybridized carbons (Fsp3) is 0.125. The summed E-state index contributed by atoms with van der Waals surface area (Å²) in [6.07, 6.45) is 3.76. The van der Waals surface area contributed by atoms with Crippen molar-refractivity contribution in [2.75, 3.05) is 0 Å². The van der Waals surface area contributed by atoms with E-state index in [1.165, 1.54) is 36.4 Å². The summed E-state index contributed by atoms with van der Waals surface area (Å²) in [7, 11) is 0. The summed E-state index contributed by atoms with van der Waals surface area (Å²) in [5.41, 5.74) is 1.66. The van der Waals surface area contributed by atoms with Crippen LogP contribution in [0.4, 0.5) is 0 Å². The van der Waals surface area contributed by atoms with Gasteiger partial charge in [0.25, 0.3) is 0 Å². The van der Waals surface area contributed by atoms with E-state index >= 15 is 0 Å². The van der Waals surface area contributed by atoms with Gasteiger partial charge in [-0.15, -0.1) is 0 Å². The van der Waals surface area contributed by atoms with E-state index in [0.29, 0.717) is 31.8 Å². The second-order valence-electron chi connectivity index (χ2n) is 10.0. The van der Waals surface area contributed by atoms with Crippen molar-refractivity contribution in [2.45, 2.75) is 25.7 Å². The second kappa shape index (κ2) is 13.0. The van der Waals surface area contributed by atoms with Crippen molar-refractivity contribution in [3.05, 3.63) is 102 Å². The Morgan fingerprint density at radius 3 is 1.75 bits per heavy atom. The number of aromatic hydroxyl groups is 6. The molecule has 0 radical (unpaired) electrons. The number of benzene rings is 4. The van der Waals surface area contributed by atoms with Crippen LogP contribution in [0.25, 0.3) is 0 Å². The van der Waals surface area contributed by atoms with Crippen LogP contribution in [-0.2, 0) is 25.7 Å². The lowest BCUT2D eigenvalue weighted by molar-refractivity contribution is 0.375. The Kier molecular flexibility index (Phi) is 9.31. The lowest BCUT2D eigenvalue weighted by atomic mass is 10.1. The minimum Gasteiger partial charge on any atom is -0.508 e. The maximum Gasteiger partial charge on any atom is 0.210 e. The van der Waals surface area contributed by atoms with Gasteiger partial charge in [0, 0.05) is 51.7 Å². The number of ether oxygens (including phenoxy) is 2. The highest BCUT2D eigenvalue weighted by atomic mass is 79.9. The van der Waals surface area contributed by atoms with E-state index in [1.807, 2.05) is 0 Å². The minimum absolute atomic E-state index is 0.0271. The topological polar surface area (TPSA) is 140 Å². The standard InChI is InChI=1S/C32H24BrCl3O8/c33-22-13-24(38)16-1-3-19(34)5-15-6-26(40)32(27(41)7-15)44-30-11-17(25(39)14-23(30)36)2-4-20(35)8-18-9-21(37)12-28(42)31(18)43-29(22)10-16/h3-4,6-7,9-14,37-42H,1-2,5,8H2/b19-3+,20-4+. The molecule has 2 heterocycles. The Labute approximate surface area is 275 Å². The number of phenols is 6. The van der Waals surface area contributed by atoms with Crippen molar-refractivity contribution in [2.24, 2.45) is 0 Å². The number of fused-ring (bicyclic) bond motifs is 6. The first kappa shape index (κ1) is 31.5. The van der Waals surface area contributed by atoms with Crippen molar-refractivity contribution in [1.29, 1.82) is 0 Å². The number of phenolic OH excluding ortho intramolecular Hbond substituents is 6. The molecule has 0 saturated carbocycles. The molecule has 0 aliphatic carbocycles. The SMILES string of the molecule is Oc1cc(O)c2c(c1)C/C(Cl)=C\Cc1cc(c(Cl)cc1O)Oc1c(O)cc(cc1O)C/C(Cl)=C\Cc1cc(c(Br)cc1O)O2. The molecule has 0 amide bonds. The summed E-state index contributed by atoms with van der Waals surface area (Å²) >= 11 is 22.7. The zero-order chi connectivity index (χ0) is 31.7. The van der Waals surface area contributed by atoms with Crippen molar-refractivity contribution >= 4 is 50.7 Å². The molecular formula is C32H24BrCl3O8.